The quantitative estimate of drug-likeness (QED) is 0.288. The van der Waals surface area contributed by atoms with E-state index in [1.807, 2.05) is 0 Å². The first-order chi connectivity index (χ1) is 14.6. The fraction of sp³-hybridized carbons (Fsp3) is 0.714. The van der Waals surface area contributed by atoms with Gasteiger partial charge < -0.3 is 18.9 Å². The molecule has 0 amide bonds. The van der Waals surface area contributed by atoms with E-state index in [0.717, 1.165) is 42.2 Å². The zero-order chi connectivity index (χ0) is 23.1. The Morgan fingerprint density at radius 2 is 1.74 bits per heavy atom. The van der Waals surface area contributed by atoms with Crippen molar-refractivity contribution in [3.63, 3.8) is 0 Å². The average molecular weight is 473 g/mol. The minimum Gasteiger partial charge on any atom is -0.726 e. The molecular weight excluding hydrogens is 436 g/mol. The minimum absolute atomic E-state index is 0.399. The van der Waals surface area contributed by atoms with Crippen LogP contribution in [0.1, 0.15) is 43.6 Å². The van der Waals surface area contributed by atoms with Crippen molar-refractivity contribution in [3.8, 4) is 11.5 Å². The first kappa shape index (κ1) is 26.1. The van der Waals surface area contributed by atoms with E-state index in [9.17, 15) is 18.1 Å². The van der Waals surface area contributed by atoms with E-state index < -0.39 is 10.4 Å². The average Bonchev–Trinajstić information content (AvgIpc) is 2.73. The molecule has 0 bridgehead atoms. The maximum absolute atomic E-state index is 10.8. The van der Waals surface area contributed by atoms with Crippen molar-refractivity contribution in [1.82, 2.24) is 4.90 Å². The first-order valence-electron chi connectivity index (χ1n) is 10.8. The van der Waals surface area contributed by atoms with Gasteiger partial charge in [-0.05, 0) is 30.1 Å². The molecule has 10 heteroatoms. The van der Waals surface area contributed by atoms with E-state index in [2.05, 4.69) is 35.3 Å². The summed E-state index contributed by atoms with van der Waals surface area (Å²) in [6.45, 7) is 4.75. The lowest BCUT2D eigenvalue weighted by atomic mass is 9.83. The number of likely N-dealkylation sites (N-methyl/N-ethyl adjacent to an activating group) is 1. The van der Waals surface area contributed by atoms with Crippen LogP contribution in [0.25, 0.3) is 0 Å². The number of phenols is 1. The van der Waals surface area contributed by atoms with Crippen molar-refractivity contribution in [2.45, 2.75) is 38.0 Å². The SMILES string of the molecule is COS(=O)(=O)[O-].COc1c([Si]CN2CC[N+](C)(C)CC2)ccc(C2CCCCC2)c1O. The van der Waals surface area contributed by atoms with Crippen molar-refractivity contribution < 1.29 is 31.5 Å². The molecule has 1 heterocycles. The van der Waals surface area contributed by atoms with E-state index >= 15 is 0 Å². The minimum atomic E-state index is -4.41. The van der Waals surface area contributed by atoms with Crippen LogP contribution < -0.4 is 9.92 Å². The maximum atomic E-state index is 10.8. The molecule has 0 aromatic heterocycles. The van der Waals surface area contributed by atoms with Crippen LogP contribution in [0.2, 0.25) is 0 Å². The van der Waals surface area contributed by atoms with Crippen LogP contribution in [0.15, 0.2) is 12.1 Å². The monoisotopic (exact) mass is 472 g/mol. The van der Waals surface area contributed by atoms with Crippen molar-refractivity contribution in [1.29, 1.82) is 0 Å². The van der Waals surface area contributed by atoms with Crippen LogP contribution >= 0.6 is 0 Å². The van der Waals surface area contributed by atoms with Gasteiger partial charge >= 0.3 is 0 Å². The van der Waals surface area contributed by atoms with Gasteiger partial charge in [0.25, 0.3) is 0 Å². The number of ether oxygens (including phenoxy) is 1. The molecule has 1 saturated carbocycles. The number of methoxy groups -OCH3 is 1. The van der Waals surface area contributed by atoms with Crippen LogP contribution in [-0.4, -0.2) is 97.6 Å². The zero-order valence-electron chi connectivity index (χ0n) is 19.1. The highest BCUT2D eigenvalue weighted by atomic mass is 32.3. The Morgan fingerprint density at radius 1 is 1.16 bits per heavy atom. The molecule has 0 unspecified atom stereocenters. The number of quaternary nitrogens is 1. The molecule has 0 spiro atoms. The summed E-state index contributed by atoms with van der Waals surface area (Å²) in [4.78, 5) is 2.55. The summed E-state index contributed by atoms with van der Waals surface area (Å²) in [5.41, 5.74) is 1.10. The molecule has 1 N–H and O–H groups in total. The second-order valence-corrected chi connectivity index (χ2v) is 11.2. The Morgan fingerprint density at radius 3 is 2.26 bits per heavy atom. The van der Waals surface area contributed by atoms with Gasteiger partial charge in [0.1, 0.15) is 9.52 Å². The normalized spacial score (nSPS) is 20.0. The summed E-state index contributed by atoms with van der Waals surface area (Å²) in [7, 11) is 3.36. The van der Waals surface area contributed by atoms with Crippen LogP contribution in [0.5, 0.6) is 11.5 Å². The first-order valence-corrected chi connectivity index (χ1v) is 13.3. The number of benzene rings is 1. The molecule has 8 nitrogen and oxygen atoms in total. The fourth-order valence-corrected chi connectivity index (χ4v) is 5.37. The Kier molecular flexibility index (Phi) is 9.78. The van der Waals surface area contributed by atoms with Gasteiger partial charge in [-0.15, -0.1) is 0 Å². The summed E-state index contributed by atoms with van der Waals surface area (Å²) >= 11 is 0. The van der Waals surface area contributed by atoms with E-state index in [1.165, 1.54) is 50.4 Å². The van der Waals surface area contributed by atoms with Gasteiger partial charge in [-0.3, -0.25) is 9.08 Å². The van der Waals surface area contributed by atoms with E-state index in [-0.39, 0.29) is 0 Å². The molecule has 3 rings (SSSR count). The van der Waals surface area contributed by atoms with Gasteiger partial charge in [0.2, 0.25) is 10.4 Å². The summed E-state index contributed by atoms with van der Waals surface area (Å²) in [5.74, 6) is 1.62. The highest BCUT2D eigenvalue weighted by Crippen LogP contribution is 2.40. The summed E-state index contributed by atoms with van der Waals surface area (Å²) < 4.78 is 37.8. The second-order valence-electron chi connectivity index (χ2n) is 8.83. The van der Waals surface area contributed by atoms with Crippen LogP contribution in [0, 0.1) is 0 Å². The van der Waals surface area contributed by atoms with Crippen molar-refractivity contribution in [3.05, 3.63) is 17.7 Å². The van der Waals surface area contributed by atoms with Gasteiger partial charge in [-0.1, -0.05) is 31.4 Å². The van der Waals surface area contributed by atoms with Crippen LogP contribution in [0.3, 0.4) is 0 Å². The largest absolute Gasteiger partial charge is 0.726 e. The number of phenolic OH excluding ortho intramolecular Hbond substituents is 1. The lowest BCUT2D eigenvalue weighted by Gasteiger charge is -2.39. The van der Waals surface area contributed by atoms with Crippen molar-refractivity contribution in [2.75, 3.05) is 60.7 Å². The Labute approximate surface area is 189 Å². The van der Waals surface area contributed by atoms with Crippen LogP contribution in [-0.2, 0) is 14.6 Å². The fourth-order valence-electron chi connectivity index (χ4n) is 4.08. The standard InChI is InChI=1S/C20H32N2O2Si.CH4O4S/c1-22(2)13-11-21(12-14-22)15-25-18-10-9-17(19(23)20(18)24-3)16-7-5-4-6-8-16;1-5-6(2,3)4/h9-10,16H,4-8,11-15H2,1-3H3;1H3,(H,2,3,4). The number of rotatable bonds is 6. The van der Waals surface area contributed by atoms with Gasteiger partial charge in [0, 0.05) is 18.7 Å². The summed E-state index contributed by atoms with van der Waals surface area (Å²) in [5, 5.41) is 12.0. The van der Waals surface area contributed by atoms with E-state index in [0.29, 0.717) is 21.2 Å². The number of aromatic hydroxyl groups is 1. The molecule has 1 aromatic carbocycles. The Bertz CT molecular complexity index is 802. The number of nitrogens with zero attached hydrogens (tertiary/aromatic N) is 2. The third kappa shape index (κ3) is 8.36. The molecule has 1 aliphatic carbocycles. The highest BCUT2D eigenvalue weighted by Gasteiger charge is 2.25. The molecule has 2 aliphatic rings. The maximum Gasteiger partial charge on any atom is 0.217 e. The van der Waals surface area contributed by atoms with E-state index in [1.54, 1.807) is 7.11 Å². The molecule has 2 radical (unpaired) electrons. The molecule has 2 fully saturated rings. The van der Waals surface area contributed by atoms with Crippen molar-refractivity contribution >= 4 is 25.1 Å². The second kappa shape index (κ2) is 11.6. The van der Waals surface area contributed by atoms with Gasteiger partial charge in [0.05, 0.1) is 41.4 Å². The van der Waals surface area contributed by atoms with Gasteiger partial charge in [-0.25, -0.2) is 8.42 Å². The molecule has 176 valence electrons. The molecule has 31 heavy (non-hydrogen) atoms. The predicted molar refractivity (Wildman–Crippen MR) is 121 cm³/mol. The lowest BCUT2D eigenvalue weighted by molar-refractivity contribution is -0.894. The lowest BCUT2D eigenvalue weighted by Crippen LogP contribution is -2.55. The highest BCUT2D eigenvalue weighted by molar-refractivity contribution is 7.80. The molecule has 1 aliphatic heterocycles. The van der Waals surface area contributed by atoms with E-state index in [4.69, 9.17) is 4.74 Å². The molecule has 1 aromatic rings. The molecule has 1 saturated heterocycles. The number of hydrogen-bond donors (Lipinski definition) is 1. The smallest absolute Gasteiger partial charge is 0.217 e. The third-order valence-electron chi connectivity index (χ3n) is 6.15. The van der Waals surface area contributed by atoms with Gasteiger partial charge in [0.15, 0.2) is 11.5 Å². The number of piperazine rings is 1. The third-order valence-corrected chi connectivity index (χ3v) is 7.94. The Hall–Kier alpha value is -1.17. The Balaban J connectivity index is 0.000000501. The molecular formula is C21H36N2O6SSi. The summed E-state index contributed by atoms with van der Waals surface area (Å²) in [6.07, 6.45) is 7.34. The zero-order valence-corrected chi connectivity index (χ0v) is 20.9. The van der Waals surface area contributed by atoms with Gasteiger partial charge in [-0.2, -0.15) is 0 Å². The topological polar surface area (TPSA) is 99.1 Å². The predicted octanol–water partition coefficient (Wildman–Crippen LogP) is 1.22. The molecule has 0 atom stereocenters. The summed E-state index contributed by atoms with van der Waals surface area (Å²) in [6, 6.07) is 4.36. The van der Waals surface area contributed by atoms with Crippen molar-refractivity contribution in [2.24, 2.45) is 0 Å². The van der Waals surface area contributed by atoms with Crippen LogP contribution in [0.4, 0.5) is 0 Å². The number of hydrogen-bond acceptors (Lipinski definition) is 7.